The summed E-state index contributed by atoms with van der Waals surface area (Å²) < 4.78 is 1.13. The molecule has 0 N–H and O–H groups in total. The molecule has 0 atom stereocenters. The minimum absolute atomic E-state index is 0.0922. The van der Waals surface area contributed by atoms with E-state index < -0.39 is 0 Å². The number of nitrogens with zero attached hydrogens (tertiary/aromatic N) is 3. The van der Waals surface area contributed by atoms with Crippen LogP contribution in [-0.2, 0) is 4.79 Å². The van der Waals surface area contributed by atoms with Gasteiger partial charge < -0.3 is 4.90 Å². The van der Waals surface area contributed by atoms with Gasteiger partial charge in [0.25, 0.3) is 5.91 Å². The number of halogens is 1. The van der Waals surface area contributed by atoms with E-state index in [0.717, 1.165) is 26.2 Å². The van der Waals surface area contributed by atoms with Crippen molar-refractivity contribution >= 4 is 51.7 Å². The van der Waals surface area contributed by atoms with Crippen LogP contribution in [0.1, 0.15) is 12.5 Å². The molecule has 3 rings (SSSR count). The fourth-order valence-electron chi connectivity index (χ4n) is 2.48. The summed E-state index contributed by atoms with van der Waals surface area (Å²) in [6, 6.07) is 15.8. The van der Waals surface area contributed by atoms with E-state index in [0.29, 0.717) is 5.57 Å². The lowest BCUT2D eigenvalue weighted by Crippen LogP contribution is -2.21. The van der Waals surface area contributed by atoms with Gasteiger partial charge in [0.2, 0.25) is 0 Å². The van der Waals surface area contributed by atoms with Gasteiger partial charge in [-0.1, -0.05) is 12.1 Å². The molecule has 1 aliphatic heterocycles. The number of anilines is 2. The van der Waals surface area contributed by atoms with Crippen molar-refractivity contribution in [2.24, 2.45) is 5.10 Å². The maximum absolute atomic E-state index is 12.7. The Morgan fingerprint density at radius 2 is 1.67 bits per heavy atom. The zero-order chi connectivity index (χ0) is 17.3. The highest BCUT2D eigenvalue weighted by atomic mass is 127. The van der Waals surface area contributed by atoms with Crippen LogP contribution in [0.2, 0.25) is 0 Å². The van der Waals surface area contributed by atoms with Crippen LogP contribution in [0.25, 0.3) is 6.08 Å². The number of carbonyl (C=O) groups excluding carboxylic acids is 1. The first kappa shape index (κ1) is 16.7. The molecule has 2 aromatic rings. The molecule has 5 heteroatoms. The fourth-order valence-corrected chi connectivity index (χ4v) is 2.84. The van der Waals surface area contributed by atoms with E-state index in [2.05, 4.69) is 27.7 Å². The van der Waals surface area contributed by atoms with Crippen molar-refractivity contribution in [3.8, 4) is 0 Å². The average Bonchev–Trinajstić information content (AvgIpc) is 2.84. The molecule has 4 nitrogen and oxygen atoms in total. The Bertz CT molecular complexity index is 821. The van der Waals surface area contributed by atoms with Gasteiger partial charge in [-0.15, -0.1) is 0 Å². The quantitative estimate of drug-likeness (QED) is 0.541. The summed E-state index contributed by atoms with van der Waals surface area (Å²) in [6.45, 7) is 1.87. The molecule has 0 unspecified atom stereocenters. The molecule has 0 fully saturated rings. The third kappa shape index (κ3) is 3.36. The van der Waals surface area contributed by atoms with Gasteiger partial charge in [0, 0.05) is 23.4 Å². The molecule has 1 amide bonds. The molecule has 0 aliphatic carbocycles. The van der Waals surface area contributed by atoms with Crippen LogP contribution < -0.4 is 9.91 Å². The number of hydrogen-bond acceptors (Lipinski definition) is 3. The predicted molar refractivity (Wildman–Crippen MR) is 109 cm³/mol. The minimum Gasteiger partial charge on any atom is -0.378 e. The lowest BCUT2D eigenvalue weighted by atomic mass is 10.1. The Hall–Kier alpha value is -2.15. The number of benzene rings is 2. The van der Waals surface area contributed by atoms with Gasteiger partial charge in [0.05, 0.1) is 17.0 Å². The molecule has 0 aromatic heterocycles. The summed E-state index contributed by atoms with van der Waals surface area (Å²) in [7, 11) is 4.01. The van der Waals surface area contributed by atoms with Gasteiger partial charge in [0.15, 0.2) is 0 Å². The van der Waals surface area contributed by atoms with E-state index in [1.807, 2.05) is 80.5 Å². The molecule has 0 bridgehead atoms. The Morgan fingerprint density at radius 1 is 1.04 bits per heavy atom. The summed E-state index contributed by atoms with van der Waals surface area (Å²) in [5.74, 6) is -0.0922. The predicted octanol–water partition coefficient (Wildman–Crippen LogP) is 4.16. The van der Waals surface area contributed by atoms with E-state index in [1.165, 1.54) is 5.01 Å². The lowest BCUT2D eigenvalue weighted by molar-refractivity contribution is -0.114. The smallest absolute Gasteiger partial charge is 0.280 e. The highest BCUT2D eigenvalue weighted by Gasteiger charge is 2.28. The van der Waals surface area contributed by atoms with Crippen molar-refractivity contribution in [2.75, 3.05) is 24.0 Å². The SMILES string of the molecule is CC1=NN(c2ccc(I)cc2)C(=O)/C1=C\c1ccc(N(C)C)cc1. The zero-order valence-corrected chi connectivity index (χ0v) is 16.0. The van der Waals surface area contributed by atoms with E-state index in [4.69, 9.17) is 0 Å². The summed E-state index contributed by atoms with van der Waals surface area (Å²) >= 11 is 2.24. The molecule has 0 radical (unpaired) electrons. The standard InChI is InChI=1S/C19H18IN3O/c1-13-18(12-14-4-8-16(9-5-14)22(2)3)19(24)23(21-13)17-10-6-15(20)7-11-17/h4-12H,1-3H3/b18-12-. The van der Waals surface area contributed by atoms with Crippen LogP contribution in [0.4, 0.5) is 11.4 Å². The largest absolute Gasteiger partial charge is 0.378 e. The van der Waals surface area contributed by atoms with Crippen molar-refractivity contribution in [3.05, 3.63) is 63.2 Å². The van der Waals surface area contributed by atoms with Gasteiger partial charge in [-0.2, -0.15) is 10.1 Å². The molecule has 2 aromatic carbocycles. The molecule has 1 aliphatic rings. The molecule has 122 valence electrons. The first-order chi connectivity index (χ1) is 11.5. The minimum atomic E-state index is -0.0922. The van der Waals surface area contributed by atoms with Crippen LogP contribution >= 0.6 is 22.6 Å². The molecule has 1 heterocycles. The number of amides is 1. The second kappa shape index (κ2) is 6.76. The molecule has 0 spiro atoms. The molecule has 0 saturated carbocycles. The monoisotopic (exact) mass is 431 g/mol. The van der Waals surface area contributed by atoms with E-state index in [1.54, 1.807) is 0 Å². The Balaban J connectivity index is 1.88. The van der Waals surface area contributed by atoms with E-state index in [-0.39, 0.29) is 5.91 Å². The summed E-state index contributed by atoms with van der Waals surface area (Å²) in [6.07, 6.45) is 1.90. The van der Waals surface area contributed by atoms with Crippen molar-refractivity contribution < 1.29 is 4.79 Å². The number of hydrazone groups is 1. The first-order valence-corrected chi connectivity index (χ1v) is 8.68. The Labute approximate surface area is 155 Å². The summed E-state index contributed by atoms with van der Waals surface area (Å²) in [5, 5.41) is 5.88. The number of carbonyl (C=O) groups is 1. The van der Waals surface area contributed by atoms with Gasteiger partial charge in [-0.25, -0.2) is 0 Å². The zero-order valence-electron chi connectivity index (χ0n) is 13.8. The van der Waals surface area contributed by atoms with Crippen molar-refractivity contribution in [1.29, 1.82) is 0 Å². The highest BCUT2D eigenvalue weighted by Crippen LogP contribution is 2.26. The Kier molecular flexibility index (Phi) is 4.71. The van der Waals surface area contributed by atoms with Crippen LogP contribution in [0, 0.1) is 3.57 Å². The van der Waals surface area contributed by atoms with Gasteiger partial charge in [-0.05, 0) is 77.6 Å². The maximum Gasteiger partial charge on any atom is 0.280 e. The summed E-state index contributed by atoms with van der Waals surface area (Å²) in [5.41, 5.74) is 4.26. The van der Waals surface area contributed by atoms with Crippen LogP contribution in [-0.4, -0.2) is 25.7 Å². The van der Waals surface area contributed by atoms with Crippen LogP contribution in [0.5, 0.6) is 0 Å². The topological polar surface area (TPSA) is 35.9 Å². The number of rotatable bonds is 3. The van der Waals surface area contributed by atoms with E-state index >= 15 is 0 Å². The molecular weight excluding hydrogens is 413 g/mol. The van der Waals surface area contributed by atoms with Crippen molar-refractivity contribution in [1.82, 2.24) is 0 Å². The first-order valence-electron chi connectivity index (χ1n) is 7.60. The van der Waals surface area contributed by atoms with Gasteiger partial charge >= 0.3 is 0 Å². The number of hydrogen-bond donors (Lipinski definition) is 0. The Morgan fingerprint density at radius 3 is 2.25 bits per heavy atom. The normalized spacial score (nSPS) is 15.8. The van der Waals surface area contributed by atoms with Crippen LogP contribution in [0.3, 0.4) is 0 Å². The van der Waals surface area contributed by atoms with Gasteiger partial charge in [-0.3, -0.25) is 4.79 Å². The maximum atomic E-state index is 12.7. The third-order valence-electron chi connectivity index (χ3n) is 3.85. The third-order valence-corrected chi connectivity index (χ3v) is 4.57. The highest BCUT2D eigenvalue weighted by molar-refractivity contribution is 14.1. The van der Waals surface area contributed by atoms with Crippen molar-refractivity contribution in [2.45, 2.75) is 6.92 Å². The lowest BCUT2D eigenvalue weighted by Gasteiger charge is -2.12. The second-order valence-electron chi connectivity index (χ2n) is 5.82. The average molecular weight is 431 g/mol. The summed E-state index contributed by atoms with van der Waals surface area (Å²) in [4.78, 5) is 14.8. The second-order valence-corrected chi connectivity index (χ2v) is 7.07. The van der Waals surface area contributed by atoms with E-state index in [9.17, 15) is 4.79 Å². The molecule has 0 saturated heterocycles. The van der Waals surface area contributed by atoms with Crippen molar-refractivity contribution in [3.63, 3.8) is 0 Å². The molecular formula is C19H18IN3O. The fraction of sp³-hybridized carbons (Fsp3) is 0.158. The van der Waals surface area contributed by atoms with Gasteiger partial charge in [0.1, 0.15) is 0 Å². The van der Waals surface area contributed by atoms with Crippen LogP contribution in [0.15, 0.2) is 59.2 Å². The molecule has 24 heavy (non-hydrogen) atoms.